The van der Waals surface area contributed by atoms with Gasteiger partial charge in [0.15, 0.2) is 0 Å². The third-order valence-corrected chi connectivity index (χ3v) is 3.26. The van der Waals surface area contributed by atoms with Crippen LogP contribution in [0.15, 0.2) is 48.5 Å². The van der Waals surface area contributed by atoms with Crippen molar-refractivity contribution in [2.75, 3.05) is 5.32 Å². The molecule has 0 spiro atoms. The zero-order valence-corrected chi connectivity index (χ0v) is 12.9. The van der Waals surface area contributed by atoms with Gasteiger partial charge in [-0.1, -0.05) is 30.3 Å². The maximum atomic E-state index is 13.5. The average Bonchev–Trinajstić information content (AvgIpc) is 2.55. The van der Waals surface area contributed by atoms with Crippen molar-refractivity contribution >= 4 is 17.5 Å². The molecular formula is C17H14F4N2O2. The number of halogens is 4. The number of nitrogens with one attached hydrogen (secondary N) is 2. The summed E-state index contributed by atoms with van der Waals surface area (Å²) in [6.45, 7) is -0.290. The molecule has 132 valence electrons. The Hall–Kier alpha value is -2.90. The topological polar surface area (TPSA) is 58.2 Å². The zero-order chi connectivity index (χ0) is 18.4. The Morgan fingerprint density at radius 1 is 0.960 bits per heavy atom. The molecule has 0 radical (unpaired) electrons. The standard InChI is InChI=1S/C17H14F4N2O2/c18-14-4-2-1-3-12(14)9-15(24)23-13-7-5-11(6-8-13)10-22-16(25)17(19,20)21/h1-8H,9-10H2,(H,22,25)(H,23,24). The van der Waals surface area contributed by atoms with E-state index in [-0.39, 0.29) is 18.5 Å². The Morgan fingerprint density at radius 3 is 2.20 bits per heavy atom. The molecule has 0 aliphatic heterocycles. The predicted molar refractivity (Wildman–Crippen MR) is 83.1 cm³/mol. The molecule has 4 nitrogen and oxygen atoms in total. The molecule has 8 heteroatoms. The number of alkyl halides is 3. The van der Waals surface area contributed by atoms with Gasteiger partial charge in [0.1, 0.15) is 5.82 Å². The lowest BCUT2D eigenvalue weighted by molar-refractivity contribution is -0.173. The smallest absolute Gasteiger partial charge is 0.344 e. The summed E-state index contributed by atoms with van der Waals surface area (Å²) in [7, 11) is 0. The molecule has 0 saturated carbocycles. The molecular weight excluding hydrogens is 340 g/mol. The number of hydrogen-bond acceptors (Lipinski definition) is 2. The van der Waals surface area contributed by atoms with Crippen LogP contribution in [0.25, 0.3) is 0 Å². The van der Waals surface area contributed by atoms with Gasteiger partial charge in [-0.3, -0.25) is 9.59 Å². The van der Waals surface area contributed by atoms with Crippen molar-refractivity contribution in [3.8, 4) is 0 Å². The Labute approximate surface area is 140 Å². The van der Waals surface area contributed by atoms with E-state index < -0.39 is 23.8 Å². The first-order valence-corrected chi connectivity index (χ1v) is 7.23. The van der Waals surface area contributed by atoms with Gasteiger partial charge in [-0.25, -0.2) is 4.39 Å². The lowest BCUT2D eigenvalue weighted by atomic mass is 10.1. The van der Waals surface area contributed by atoms with Crippen molar-refractivity contribution in [3.05, 3.63) is 65.5 Å². The van der Waals surface area contributed by atoms with E-state index in [9.17, 15) is 27.2 Å². The zero-order valence-electron chi connectivity index (χ0n) is 12.9. The normalized spacial score (nSPS) is 11.0. The van der Waals surface area contributed by atoms with E-state index in [2.05, 4.69) is 5.32 Å². The summed E-state index contributed by atoms with van der Waals surface area (Å²) in [5, 5.41) is 4.31. The Bertz CT molecular complexity index is 758. The lowest BCUT2D eigenvalue weighted by Gasteiger charge is -2.09. The number of amides is 2. The molecule has 2 aromatic carbocycles. The Morgan fingerprint density at radius 2 is 1.60 bits per heavy atom. The van der Waals surface area contributed by atoms with Crippen LogP contribution >= 0.6 is 0 Å². The molecule has 0 atom stereocenters. The minimum absolute atomic E-state index is 0.143. The molecule has 0 aliphatic rings. The van der Waals surface area contributed by atoms with E-state index >= 15 is 0 Å². The molecule has 25 heavy (non-hydrogen) atoms. The predicted octanol–water partition coefficient (Wildman–Crippen LogP) is 3.19. The molecule has 0 saturated heterocycles. The van der Waals surface area contributed by atoms with Gasteiger partial charge in [0.2, 0.25) is 5.91 Å². The molecule has 2 amide bonds. The maximum absolute atomic E-state index is 13.5. The third-order valence-electron chi connectivity index (χ3n) is 3.26. The summed E-state index contributed by atoms with van der Waals surface area (Å²) in [6, 6.07) is 11.8. The fourth-order valence-corrected chi connectivity index (χ4v) is 2.01. The second kappa shape index (κ2) is 7.78. The van der Waals surface area contributed by atoms with Crippen molar-refractivity contribution < 1.29 is 27.2 Å². The van der Waals surface area contributed by atoms with Crippen LogP contribution in [0.3, 0.4) is 0 Å². The van der Waals surface area contributed by atoms with Crippen LogP contribution in [0.5, 0.6) is 0 Å². The quantitative estimate of drug-likeness (QED) is 0.811. The first kappa shape index (κ1) is 18.4. The van der Waals surface area contributed by atoms with Crippen LogP contribution < -0.4 is 10.6 Å². The monoisotopic (exact) mass is 354 g/mol. The number of carbonyl (C=O) groups excluding carboxylic acids is 2. The summed E-state index contributed by atoms with van der Waals surface area (Å²) in [4.78, 5) is 22.6. The maximum Gasteiger partial charge on any atom is 0.471 e. The van der Waals surface area contributed by atoms with Crippen LogP contribution in [0.4, 0.5) is 23.2 Å². The fourth-order valence-electron chi connectivity index (χ4n) is 2.01. The number of benzene rings is 2. The first-order valence-electron chi connectivity index (χ1n) is 7.23. The highest BCUT2D eigenvalue weighted by Crippen LogP contribution is 2.15. The lowest BCUT2D eigenvalue weighted by Crippen LogP contribution is -2.36. The fraction of sp³-hybridized carbons (Fsp3) is 0.176. The Kier molecular flexibility index (Phi) is 5.74. The van der Waals surface area contributed by atoms with E-state index in [4.69, 9.17) is 0 Å². The van der Waals surface area contributed by atoms with Gasteiger partial charge in [-0.15, -0.1) is 0 Å². The summed E-state index contributed by atoms with van der Waals surface area (Å²) >= 11 is 0. The highest BCUT2D eigenvalue weighted by molar-refractivity contribution is 5.92. The number of hydrogen-bond donors (Lipinski definition) is 2. The number of carbonyl (C=O) groups is 2. The molecule has 0 fully saturated rings. The van der Waals surface area contributed by atoms with Gasteiger partial charge in [0.05, 0.1) is 6.42 Å². The van der Waals surface area contributed by atoms with Crippen molar-refractivity contribution in [1.82, 2.24) is 5.32 Å². The van der Waals surface area contributed by atoms with Gasteiger partial charge in [-0.2, -0.15) is 13.2 Å². The molecule has 0 aromatic heterocycles. The molecule has 0 heterocycles. The van der Waals surface area contributed by atoms with E-state index in [0.29, 0.717) is 11.3 Å². The van der Waals surface area contributed by atoms with Crippen LogP contribution in [-0.2, 0) is 22.6 Å². The minimum Gasteiger partial charge on any atom is -0.344 e. The van der Waals surface area contributed by atoms with Crippen molar-refractivity contribution in [3.63, 3.8) is 0 Å². The molecule has 2 N–H and O–H groups in total. The highest BCUT2D eigenvalue weighted by Gasteiger charge is 2.38. The summed E-state index contributed by atoms with van der Waals surface area (Å²) < 4.78 is 49.7. The summed E-state index contributed by atoms with van der Waals surface area (Å²) in [5.41, 5.74) is 1.10. The Balaban J connectivity index is 1.89. The van der Waals surface area contributed by atoms with Crippen molar-refractivity contribution in [2.24, 2.45) is 0 Å². The minimum atomic E-state index is -4.93. The highest BCUT2D eigenvalue weighted by atomic mass is 19.4. The molecule has 2 rings (SSSR count). The first-order chi connectivity index (χ1) is 11.8. The summed E-state index contributed by atoms with van der Waals surface area (Å²) in [5.74, 6) is -2.92. The SMILES string of the molecule is O=C(Cc1ccccc1F)Nc1ccc(CNC(=O)C(F)(F)F)cc1. The van der Waals surface area contributed by atoms with Gasteiger partial charge in [-0.05, 0) is 29.3 Å². The molecule has 2 aromatic rings. The van der Waals surface area contributed by atoms with Crippen molar-refractivity contribution in [1.29, 1.82) is 0 Å². The van der Waals surface area contributed by atoms with Gasteiger partial charge in [0, 0.05) is 12.2 Å². The molecule has 0 aliphatic carbocycles. The average molecular weight is 354 g/mol. The van der Waals surface area contributed by atoms with Crippen LogP contribution in [0.2, 0.25) is 0 Å². The number of rotatable bonds is 5. The van der Waals surface area contributed by atoms with Crippen LogP contribution in [0, 0.1) is 5.82 Å². The van der Waals surface area contributed by atoms with Crippen molar-refractivity contribution in [2.45, 2.75) is 19.1 Å². The molecule has 0 unspecified atom stereocenters. The number of anilines is 1. The third kappa shape index (κ3) is 5.59. The van der Waals surface area contributed by atoms with Gasteiger partial charge < -0.3 is 10.6 Å². The largest absolute Gasteiger partial charge is 0.471 e. The van der Waals surface area contributed by atoms with Crippen LogP contribution in [-0.4, -0.2) is 18.0 Å². The second-order valence-electron chi connectivity index (χ2n) is 5.19. The molecule has 0 bridgehead atoms. The van der Waals surface area contributed by atoms with E-state index in [1.54, 1.807) is 11.4 Å². The van der Waals surface area contributed by atoms with E-state index in [0.717, 1.165) is 0 Å². The van der Waals surface area contributed by atoms with E-state index in [1.807, 2.05) is 0 Å². The van der Waals surface area contributed by atoms with Crippen LogP contribution in [0.1, 0.15) is 11.1 Å². The van der Waals surface area contributed by atoms with Gasteiger partial charge >= 0.3 is 12.1 Å². The second-order valence-corrected chi connectivity index (χ2v) is 5.19. The summed E-state index contributed by atoms with van der Waals surface area (Å²) in [6.07, 6.45) is -5.07. The van der Waals surface area contributed by atoms with Gasteiger partial charge in [0.25, 0.3) is 0 Å². The van der Waals surface area contributed by atoms with E-state index in [1.165, 1.54) is 42.5 Å².